The number of hydrogen-bond donors (Lipinski definition) is 0. The van der Waals surface area contributed by atoms with Crippen molar-refractivity contribution in [3.05, 3.63) is 53.6 Å². The van der Waals surface area contributed by atoms with Crippen LogP contribution in [-0.4, -0.2) is 39.2 Å². The third kappa shape index (κ3) is 2.86. The molecule has 0 aliphatic carbocycles. The van der Waals surface area contributed by atoms with Crippen molar-refractivity contribution in [2.24, 2.45) is 0 Å². The van der Waals surface area contributed by atoms with Gasteiger partial charge in [-0.1, -0.05) is 58.9 Å². The summed E-state index contributed by atoms with van der Waals surface area (Å²) in [5.74, 6) is 0. The molecule has 10 radical (unpaired) electrons. The molecular formula is C18H8B5Cl. The number of halogens is 1. The van der Waals surface area contributed by atoms with Crippen molar-refractivity contribution in [3.8, 4) is 22.3 Å². The van der Waals surface area contributed by atoms with Crippen LogP contribution in [-0.2, 0) is 0 Å². The Morgan fingerprint density at radius 1 is 0.583 bits per heavy atom. The second kappa shape index (κ2) is 6.65. The summed E-state index contributed by atoms with van der Waals surface area (Å²) in [4.78, 5) is 0. The van der Waals surface area contributed by atoms with E-state index >= 15 is 0 Å². The lowest BCUT2D eigenvalue weighted by Gasteiger charge is -2.23. The van der Waals surface area contributed by atoms with Crippen LogP contribution in [0.15, 0.2) is 48.5 Å². The average molecular weight is 314 g/mol. The Labute approximate surface area is 154 Å². The summed E-state index contributed by atoms with van der Waals surface area (Å²) < 4.78 is 0. The summed E-state index contributed by atoms with van der Waals surface area (Å²) >= 11 is 6.20. The van der Waals surface area contributed by atoms with E-state index in [-0.39, 0.29) is 16.4 Å². The molecule has 0 aromatic heterocycles. The summed E-state index contributed by atoms with van der Waals surface area (Å²) in [7, 11) is 30.3. The van der Waals surface area contributed by atoms with E-state index in [1.807, 2.05) is 42.5 Å². The molecule has 0 atom stereocenters. The number of hydrogen-bond acceptors (Lipinski definition) is 0. The molecule has 0 nitrogen and oxygen atoms in total. The molecule has 6 heteroatoms. The Hall–Kier alpha value is -1.73. The first kappa shape index (κ1) is 17.1. The van der Waals surface area contributed by atoms with Gasteiger partial charge >= 0.3 is 0 Å². The van der Waals surface area contributed by atoms with E-state index in [1.54, 1.807) is 6.07 Å². The van der Waals surface area contributed by atoms with Gasteiger partial charge in [-0.15, -0.1) is 16.4 Å². The van der Waals surface area contributed by atoms with Crippen LogP contribution < -0.4 is 27.3 Å². The summed E-state index contributed by atoms with van der Waals surface area (Å²) in [5.41, 5.74) is 4.42. The van der Waals surface area contributed by atoms with Crippen molar-refractivity contribution in [2.45, 2.75) is 0 Å². The minimum absolute atomic E-state index is 0.192. The SMILES string of the molecule is [B]c1c([B])c([B])c(-c2cc(Cl)ccc2-c2ccccc2)c([B])c1[B]. The third-order valence-corrected chi connectivity index (χ3v) is 4.27. The molecule has 3 aromatic carbocycles. The van der Waals surface area contributed by atoms with Gasteiger partial charge in [0.2, 0.25) is 0 Å². The van der Waals surface area contributed by atoms with Crippen LogP contribution in [0.3, 0.4) is 0 Å². The average Bonchev–Trinajstić information content (AvgIpc) is 2.59. The first-order valence-corrected chi connectivity index (χ1v) is 7.66. The molecule has 0 bridgehead atoms. The highest BCUT2D eigenvalue weighted by Crippen LogP contribution is 2.32. The maximum atomic E-state index is 6.20. The second-order valence-electron chi connectivity index (χ2n) is 5.50. The molecule has 0 fully saturated rings. The fourth-order valence-corrected chi connectivity index (χ4v) is 2.90. The van der Waals surface area contributed by atoms with Crippen LogP contribution >= 0.6 is 11.6 Å². The van der Waals surface area contributed by atoms with Gasteiger partial charge in [-0.2, -0.15) is 0 Å². The first-order chi connectivity index (χ1) is 11.4. The minimum Gasteiger partial charge on any atom is -0.112 e. The summed E-state index contributed by atoms with van der Waals surface area (Å²) in [6.07, 6.45) is 0. The van der Waals surface area contributed by atoms with Gasteiger partial charge in [-0.25, -0.2) is 0 Å². The molecule has 0 aliphatic heterocycles. The van der Waals surface area contributed by atoms with Gasteiger partial charge < -0.3 is 0 Å². The smallest absolute Gasteiger partial charge is 0.112 e. The maximum absolute atomic E-state index is 6.20. The van der Waals surface area contributed by atoms with Crippen molar-refractivity contribution in [2.75, 3.05) is 0 Å². The molecule has 3 rings (SSSR count). The van der Waals surface area contributed by atoms with Gasteiger partial charge in [-0.3, -0.25) is 0 Å². The van der Waals surface area contributed by atoms with E-state index in [0.717, 1.165) is 16.7 Å². The van der Waals surface area contributed by atoms with E-state index in [2.05, 4.69) is 0 Å². The molecule has 0 amide bonds. The lowest BCUT2D eigenvalue weighted by atomic mass is 9.59. The molecule has 0 aliphatic rings. The van der Waals surface area contributed by atoms with Gasteiger partial charge in [0.25, 0.3) is 0 Å². The first-order valence-electron chi connectivity index (χ1n) is 7.28. The quantitative estimate of drug-likeness (QED) is 0.567. The summed E-state index contributed by atoms with van der Waals surface area (Å²) in [5, 5.41) is 0.553. The molecule has 0 saturated heterocycles. The largest absolute Gasteiger partial charge is 0.113 e. The second-order valence-corrected chi connectivity index (χ2v) is 5.94. The van der Waals surface area contributed by atoms with Gasteiger partial charge in [0.05, 0.1) is 0 Å². The summed E-state index contributed by atoms with van der Waals surface area (Å²) in [6, 6.07) is 15.3. The molecule has 3 aromatic rings. The summed E-state index contributed by atoms with van der Waals surface area (Å²) in [6.45, 7) is 0. The standard InChI is InChI=1S/C18H8B5Cl/c19-14-13(15(20)17(22)18(23)16(14)21)12-8-10(24)6-7-11(12)9-4-2-1-3-5-9/h1-8H. The van der Waals surface area contributed by atoms with E-state index in [0.29, 0.717) is 21.5 Å². The molecule has 0 unspecified atom stereocenters. The van der Waals surface area contributed by atoms with Crippen LogP contribution in [0.4, 0.5) is 0 Å². The lowest BCUT2D eigenvalue weighted by Crippen LogP contribution is -2.55. The van der Waals surface area contributed by atoms with Crippen molar-refractivity contribution in [3.63, 3.8) is 0 Å². The monoisotopic (exact) mass is 314 g/mol. The van der Waals surface area contributed by atoms with Crippen LogP contribution in [0.25, 0.3) is 22.3 Å². The zero-order valence-electron chi connectivity index (χ0n) is 12.9. The van der Waals surface area contributed by atoms with E-state index in [1.165, 1.54) is 0 Å². The zero-order valence-corrected chi connectivity index (χ0v) is 13.6. The Morgan fingerprint density at radius 2 is 1.12 bits per heavy atom. The predicted molar refractivity (Wildman–Crippen MR) is 109 cm³/mol. The van der Waals surface area contributed by atoms with Gasteiger partial charge in [0.15, 0.2) is 0 Å². The highest BCUT2D eigenvalue weighted by atomic mass is 35.5. The highest BCUT2D eigenvalue weighted by Gasteiger charge is 2.16. The normalized spacial score (nSPS) is 10.7. The Bertz CT molecular complexity index is 893. The molecule has 0 saturated carbocycles. The molecule has 0 spiro atoms. The molecule has 0 N–H and O–H groups in total. The van der Waals surface area contributed by atoms with E-state index in [9.17, 15) is 0 Å². The topological polar surface area (TPSA) is 0 Å². The molecule has 102 valence electrons. The highest BCUT2D eigenvalue weighted by molar-refractivity contribution is 6.68. The van der Waals surface area contributed by atoms with Crippen molar-refractivity contribution in [1.82, 2.24) is 0 Å². The zero-order chi connectivity index (χ0) is 17.4. The fraction of sp³-hybridized carbons (Fsp3) is 0. The third-order valence-electron chi connectivity index (χ3n) is 4.04. The van der Waals surface area contributed by atoms with Gasteiger partial charge in [-0.05, 0) is 34.4 Å². The van der Waals surface area contributed by atoms with Gasteiger partial charge in [0, 0.05) is 5.02 Å². The van der Waals surface area contributed by atoms with Crippen molar-refractivity contribution >= 4 is 78.1 Å². The predicted octanol–water partition coefficient (Wildman–Crippen LogP) is -0.357. The lowest BCUT2D eigenvalue weighted by molar-refractivity contribution is 1.61. The van der Waals surface area contributed by atoms with Crippen LogP contribution in [0.1, 0.15) is 0 Å². The Morgan fingerprint density at radius 3 is 1.71 bits per heavy atom. The number of rotatable bonds is 2. The van der Waals surface area contributed by atoms with Crippen LogP contribution in [0, 0.1) is 0 Å². The van der Waals surface area contributed by atoms with Crippen molar-refractivity contribution < 1.29 is 0 Å². The molecule has 24 heavy (non-hydrogen) atoms. The minimum atomic E-state index is 0.192. The van der Waals surface area contributed by atoms with Crippen molar-refractivity contribution in [1.29, 1.82) is 0 Å². The maximum Gasteiger partial charge on any atom is 0.113 e. The molecular weight excluding hydrogens is 306 g/mol. The Balaban J connectivity index is 2.38. The number of benzene rings is 3. The van der Waals surface area contributed by atoms with Crippen LogP contribution in [0.2, 0.25) is 5.02 Å². The van der Waals surface area contributed by atoms with Gasteiger partial charge in [0.1, 0.15) is 39.2 Å². The fourth-order valence-electron chi connectivity index (χ4n) is 2.73. The van der Waals surface area contributed by atoms with E-state index in [4.69, 9.17) is 50.8 Å². The Kier molecular flexibility index (Phi) is 4.74. The molecule has 0 heterocycles. The van der Waals surface area contributed by atoms with Crippen LogP contribution in [0.5, 0.6) is 0 Å². The van der Waals surface area contributed by atoms with E-state index < -0.39 is 0 Å².